The third-order valence-electron chi connectivity index (χ3n) is 2.75. The van der Waals surface area contributed by atoms with E-state index in [0.29, 0.717) is 0 Å². The number of pyridine rings is 1. The lowest BCUT2D eigenvalue weighted by Gasteiger charge is -2.02. The zero-order chi connectivity index (χ0) is 15.6. The number of hydrogen-bond donors (Lipinski definition) is 2. The van der Waals surface area contributed by atoms with Gasteiger partial charge in [0.1, 0.15) is 4.88 Å². The molecule has 118 valence electrons. The fourth-order valence-electron chi connectivity index (χ4n) is 2.03. The fraction of sp³-hybridized carbons (Fsp3) is 0.231. The van der Waals surface area contributed by atoms with Gasteiger partial charge in [0.05, 0.1) is 25.7 Å². The number of aromatic nitrogens is 2. The molecular weight excluding hydrogens is 433 g/mol. The second-order valence-corrected chi connectivity index (χ2v) is 6.08. The molecule has 0 aromatic carbocycles. The maximum Gasteiger partial charge on any atom is 0.392 e. The Hall–Kier alpha value is -1.33. The van der Waals surface area contributed by atoms with E-state index >= 15 is 0 Å². The molecule has 0 saturated carbocycles. The molecule has 0 aliphatic carbocycles. The van der Waals surface area contributed by atoms with Crippen LogP contribution in [-0.2, 0) is 7.05 Å². The van der Waals surface area contributed by atoms with Crippen molar-refractivity contribution in [1.29, 1.82) is 0 Å². The molecule has 0 saturated heterocycles. The number of thiazole rings is 1. The average Bonchev–Trinajstić information content (AvgIpc) is 2.63. The lowest BCUT2D eigenvalue weighted by atomic mass is 10.2. The van der Waals surface area contributed by atoms with Crippen LogP contribution in [-0.4, -0.2) is 15.9 Å². The summed E-state index contributed by atoms with van der Waals surface area (Å²) in [6, 6.07) is 2.07. The van der Waals surface area contributed by atoms with Gasteiger partial charge in [-0.1, -0.05) is 0 Å². The third-order valence-corrected chi connectivity index (χ3v) is 3.80. The molecule has 3 N–H and O–H groups in total. The zero-order valence-electron chi connectivity index (χ0n) is 12.3. The number of hydrazone groups is 1. The van der Waals surface area contributed by atoms with Crippen LogP contribution in [0.4, 0.5) is 0 Å². The maximum atomic E-state index is 11.9. The van der Waals surface area contributed by atoms with Crippen LogP contribution in [0.15, 0.2) is 28.4 Å². The molecule has 0 spiro atoms. The van der Waals surface area contributed by atoms with Crippen molar-refractivity contribution in [3.63, 3.8) is 0 Å². The van der Waals surface area contributed by atoms with Gasteiger partial charge in [-0.15, -0.1) is 0 Å². The SMILES string of the molecule is Cc1cc(C)c[n+](-c2c(C=NNC(N)=S)sc(=O)n2C)c1.[I-]. The van der Waals surface area contributed by atoms with Crippen LogP contribution in [0.2, 0.25) is 0 Å². The van der Waals surface area contributed by atoms with Crippen molar-refractivity contribution in [2.45, 2.75) is 13.8 Å². The summed E-state index contributed by atoms with van der Waals surface area (Å²) in [5.74, 6) is 0.755. The van der Waals surface area contributed by atoms with Gasteiger partial charge in [-0.25, -0.2) is 9.36 Å². The number of aryl methyl sites for hydroxylation is 2. The van der Waals surface area contributed by atoms with Crippen molar-refractivity contribution >= 4 is 34.9 Å². The summed E-state index contributed by atoms with van der Waals surface area (Å²) in [6.45, 7) is 4.02. The Morgan fingerprint density at radius 3 is 2.59 bits per heavy atom. The zero-order valence-corrected chi connectivity index (χ0v) is 16.1. The first kappa shape index (κ1) is 18.7. The predicted molar refractivity (Wildman–Crippen MR) is 88.1 cm³/mol. The van der Waals surface area contributed by atoms with E-state index in [0.717, 1.165) is 33.2 Å². The number of hydrogen-bond acceptors (Lipinski definition) is 4. The first-order valence-corrected chi connectivity index (χ1v) is 7.39. The quantitative estimate of drug-likeness (QED) is 0.179. The number of nitrogens with zero attached hydrogens (tertiary/aromatic N) is 3. The molecule has 0 radical (unpaired) electrons. The predicted octanol–water partition coefficient (Wildman–Crippen LogP) is -2.49. The Balaban J connectivity index is 0.00000242. The van der Waals surface area contributed by atoms with Gasteiger partial charge in [0, 0.05) is 0 Å². The van der Waals surface area contributed by atoms with Crippen LogP contribution in [0.25, 0.3) is 5.82 Å². The van der Waals surface area contributed by atoms with Crippen LogP contribution in [0.5, 0.6) is 0 Å². The number of rotatable bonds is 3. The Morgan fingerprint density at radius 1 is 1.45 bits per heavy atom. The number of nitrogens with two attached hydrogens (primary N) is 1. The minimum atomic E-state index is -0.0616. The molecular formula is C13H16IN5OS2. The number of nitrogens with one attached hydrogen (secondary N) is 1. The van der Waals surface area contributed by atoms with Crippen molar-refractivity contribution in [2.75, 3.05) is 0 Å². The van der Waals surface area contributed by atoms with E-state index in [1.54, 1.807) is 17.8 Å². The minimum absolute atomic E-state index is 0. The summed E-state index contributed by atoms with van der Waals surface area (Å²) < 4.78 is 3.51. The first-order valence-electron chi connectivity index (χ1n) is 6.16. The molecule has 0 amide bonds. The molecule has 2 aromatic heterocycles. The standard InChI is InChI=1S/C13H15N5OS2.HI/c1-8-4-9(2)7-18(6-8)11-10(5-15-16-12(14)20)21-13(19)17(11)3;/h4-7H,1-3H3,(H2-,14,16,20);1H. The highest BCUT2D eigenvalue weighted by Crippen LogP contribution is 2.10. The van der Waals surface area contributed by atoms with E-state index in [9.17, 15) is 4.79 Å². The second-order valence-electron chi connectivity index (χ2n) is 4.65. The Kier molecular flexibility index (Phi) is 6.63. The van der Waals surface area contributed by atoms with Crippen LogP contribution in [0, 0.1) is 13.8 Å². The van der Waals surface area contributed by atoms with E-state index in [2.05, 4.69) is 28.8 Å². The highest BCUT2D eigenvalue weighted by Gasteiger charge is 2.21. The van der Waals surface area contributed by atoms with Crippen LogP contribution in [0.3, 0.4) is 0 Å². The van der Waals surface area contributed by atoms with E-state index in [-0.39, 0.29) is 34.0 Å². The second kappa shape index (κ2) is 7.79. The van der Waals surface area contributed by atoms with Crippen molar-refractivity contribution in [3.8, 4) is 5.82 Å². The third kappa shape index (κ3) is 4.34. The highest BCUT2D eigenvalue weighted by molar-refractivity contribution is 7.80. The van der Waals surface area contributed by atoms with Crippen LogP contribution >= 0.6 is 23.6 Å². The molecule has 0 atom stereocenters. The molecule has 0 unspecified atom stereocenters. The van der Waals surface area contributed by atoms with Gasteiger partial charge in [0.25, 0.3) is 0 Å². The molecule has 9 heteroatoms. The van der Waals surface area contributed by atoms with Gasteiger partial charge in [0.2, 0.25) is 0 Å². The summed E-state index contributed by atoms with van der Waals surface area (Å²) in [5, 5.41) is 4.01. The maximum absolute atomic E-state index is 11.9. The lowest BCUT2D eigenvalue weighted by molar-refractivity contribution is -0.602. The van der Waals surface area contributed by atoms with Gasteiger partial charge < -0.3 is 29.7 Å². The fourth-order valence-corrected chi connectivity index (χ4v) is 2.93. The first-order chi connectivity index (χ1) is 9.88. The van der Waals surface area contributed by atoms with Crippen molar-refractivity contribution < 1.29 is 28.5 Å². The normalized spacial score (nSPS) is 10.5. The van der Waals surface area contributed by atoms with Crippen molar-refractivity contribution in [3.05, 3.63) is 44.1 Å². The number of thiocarbonyl (C=S) groups is 1. The van der Waals surface area contributed by atoms with Crippen molar-refractivity contribution in [1.82, 2.24) is 9.99 Å². The summed E-state index contributed by atoms with van der Waals surface area (Å²) in [6.07, 6.45) is 5.48. The van der Waals surface area contributed by atoms with Crippen molar-refractivity contribution in [2.24, 2.45) is 17.9 Å². The van der Waals surface area contributed by atoms with Gasteiger partial charge in [-0.05, 0) is 54.6 Å². The summed E-state index contributed by atoms with van der Waals surface area (Å²) >= 11 is 5.80. The molecule has 2 heterocycles. The topological polar surface area (TPSA) is 76.3 Å². The Bertz CT molecular complexity index is 761. The van der Waals surface area contributed by atoms with Gasteiger partial charge in [-0.3, -0.25) is 5.43 Å². The minimum Gasteiger partial charge on any atom is -1.00 e. The van der Waals surface area contributed by atoms with Gasteiger partial charge >= 0.3 is 10.7 Å². The molecule has 0 aliphatic rings. The summed E-state index contributed by atoms with van der Waals surface area (Å²) in [5.41, 5.74) is 10.0. The lowest BCUT2D eigenvalue weighted by Crippen LogP contribution is -3.00. The Labute approximate surface area is 154 Å². The highest BCUT2D eigenvalue weighted by atomic mass is 127. The monoisotopic (exact) mass is 449 g/mol. The molecule has 6 nitrogen and oxygen atoms in total. The molecule has 0 aliphatic heterocycles. The molecule has 2 aromatic rings. The van der Waals surface area contributed by atoms with E-state index in [1.807, 2.05) is 30.8 Å². The van der Waals surface area contributed by atoms with Crippen LogP contribution < -0.4 is 44.6 Å². The summed E-state index contributed by atoms with van der Waals surface area (Å²) in [7, 11) is 1.73. The van der Waals surface area contributed by atoms with E-state index in [4.69, 9.17) is 5.73 Å². The summed E-state index contributed by atoms with van der Waals surface area (Å²) in [4.78, 5) is 12.6. The molecule has 22 heavy (non-hydrogen) atoms. The number of halogens is 1. The van der Waals surface area contributed by atoms with E-state index in [1.165, 1.54) is 0 Å². The smallest absolute Gasteiger partial charge is 0.392 e. The average molecular weight is 449 g/mol. The largest absolute Gasteiger partial charge is 1.00 e. The Morgan fingerprint density at radius 2 is 2.05 bits per heavy atom. The van der Waals surface area contributed by atoms with Gasteiger partial charge in [0.15, 0.2) is 5.11 Å². The molecule has 0 bridgehead atoms. The van der Waals surface area contributed by atoms with E-state index < -0.39 is 0 Å². The van der Waals surface area contributed by atoms with Gasteiger partial charge in [-0.2, -0.15) is 9.67 Å². The molecule has 0 fully saturated rings. The van der Waals surface area contributed by atoms with Crippen LogP contribution in [0.1, 0.15) is 16.0 Å². The molecule has 2 rings (SSSR count).